The summed E-state index contributed by atoms with van der Waals surface area (Å²) in [5.41, 5.74) is -0.668. The van der Waals surface area contributed by atoms with Gasteiger partial charge >= 0.3 is 0 Å². The van der Waals surface area contributed by atoms with Crippen LogP contribution in [0.4, 0.5) is 0 Å². The molecule has 1 atom stereocenters. The second-order valence-electron chi connectivity index (χ2n) is 3.68. The van der Waals surface area contributed by atoms with Crippen molar-refractivity contribution in [2.45, 2.75) is 39.3 Å². The molecule has 14 heavy (non-hydrogen) atoms. The highest BCUT2D eigenvalue weighted by Gasteiger charge is 2.16. The minimum Gasteiger partial charge on any atom is -0.389 e. The molecule has 5 nitrogen and oxygen atoms in total. The molecule has 1 aromatic heterocycles. The lowest BCUT2D eigenvalue weighted by molar-refractivity contribution is 0.0553. The molecule has 0 saturated heterocycles. The van der Waals surface area contributed by atoms with E-state index in [0.717, 1.165) is 0 Å². The minimum absolute atomic E-state index is 0.521. The molecule has 5 heteroatoms. The summed E-state index contributed by atoms with van der Waals surface area (Å²) in [6, 6.07) is 0. The topological polar surface area (TPSA) is 71.2 Å². The first-order valence-corrected chi connectivity index (χ1v) is 4.76. The van der Waals surface area contributed by atoms with Gasteiger partial charge in [-0.05, 0) is 13.3 Å². The average Bonchev–Trinajstić information content (AvgIpc) is 2.51. The number of hydrogen-bond acceptors (Lipinski definition) is 5. The standard InChI is InChI=1S/C9H17N3O2/c1-4-9(3,13)6-10-5-8-11-7(2)14-12-8/h10,13H,4-6H2,1-3H3. The summed E-state index contributed by atoms with van der Waals surface area (Å²) in [7, 11) is 0. The molecule has 0 aliphatic heterocycles. The van der Waals surface area contributed by atoms with E-state index in [4.69, 9.17) is 4.52 Å². The highest BCUT2D eigenvalue weighted by molar-refractivity contribution is 4.84. The van der Waals surface area contributed by atoms with E-state index in [1.807, 2.05) is 6.92 Å². The van der Waals surface area contributed by atoms with Gasteiger partial charge in [-0.3, -0.25) is 0 Å². The summed E-state index contributed by atoms with van der Waals surface area (Å²) in [6.07, 6.45) is 0.714. The molecule has 0 aliphatic rings. The van der Waals surface area contributed by atoms with Crippen LogP contribution in [0.25, 0.3) is 0 Å². The van der Waals surface area contributed by atoms with E-state index >= 15 is 0 Å². The maximum Gasteiger partial charge on any atom is 0.223 e. The number of hydrogen-bond donors (Lipinski definition) is 2. The Hall–Kier alpha value is -0.940. The molecule has 0 fully saturated rings. The van der Waals surface area contributed by atoms with Crippen LogP contribution in [0.2, 0.25) is 0 Å². The zero-order valence-corrected chi connectivity index (χ0v) is 8.87. The normalized spacial score (nSPS) is 15.4. The van der Waals surface area contributed by atoms with Crippen LogP contribution in [0.3, 0.4) is 0 Å². The smallest absolute Gasteiger partial charge is 0.223 e. The van der Waals surface area contributed by atoms with Crippen LogP contribution in [-0.2, 0) is 6.54 Å². The van der Waals surface area contributed by atoms with Gasteiger partial charge in [0.2, 0.25) is 5.89 Å². The second kappa shape index (κ2) is 4.52. The summed E-state index contributed by atoms with van der Waals surface area (Å²) in [5, 5.41) is 16.5. The molecule has 1 unspecified atom stereocenters. The average molecular weight is 199 g/mol. The molecule has 1 rings (SSSR count). The third kappa shape index (κ3) is 3.43. The first-order valence-electron chi connectivity index (χ1n) is 4.76. The summed E-state index contributed by atoms with van der Waals surface area (Å²) < 4.78 is 4.81. The van der Waals surface area contributed by atoms with E-state index in [9.17, 15) is 5.11 Å². The molecule has 1 heterocycles. The maximum absolute atomic E-state index is 9.68. The van der Waals surface area contributed by atoms with Gasteiger partial charge in [0, 0.05) is 13.5 Å². The Morgan fingerprint density at radius 2 is 2.29 bits per heavy atom. The van der Waals surface area contributed by atoms with Crippen molar-refractivity contribution in [1.82, 2.24) is 15.5 Å². The van der Waals surface area contributed by atoms with Crippen molar-refractivity contribution in [2.75, 3.05) is 6.54 Å². The van der Waals surface area contributed by atoms with Crippen molar-refractivity contribution in [3.63, 3.8) is 0 Å². The van der Waals surface area contributed by atoms with E-state index < -0.39 is 5.60 Å². The highest BCUT2D eigenvalue weighted by atomic mass is 16.5. The number of aliphatic hydroxyl groups is 1. The van der Waals surface area contributed by atoms with Gasteiger partial charge in [-0.1, -0.05) is 12.1 Å². The van der Waals surface area contributed by atoms with E-state index in [1.165, 1.54) is 0 Å². The lowest BCUT2D eigenvalue weighted by Crippen LogP contribution is -2.36. The second-order valence-corrected chi connectivity index (χ2v) is 3.68. The van der Waals surface area contributed by atoms with Crippen LogP contribution < -0.4 is 5.32 Å². The van der Waals surface area contributed by atoms with Gasteiger partial charge in [0.05, 0.1) is 12.1 Å². The van der Waals surface area contributed by atoms with Gasteiger partial charge in [-0.15, -0.1) is 0 Å². The van der Waals surface area contributed by atoms with Crippen LogP contribution in [0.5, 0.6) is 0 Å². The van der Waals surface area contributed by atoms with E-state index in [1.54, 1.807) is 13.8 Å². The van der Waals surface area contributed by atoms with Gasteiger partial charge in [0.25, 0.3) is 0 Å². The number of nitrogens with zero attached hydrogens (tertiary/aromatic N) is 2. The molecule has 0 saturated carbocycles. The van der Waals surface area contributed by atoms with Crippen LogP contribution in [0.1, 0.15) is 32.0 Å². The van der Waals surface area contributed by atoms with Gasteiger partial charge in [-0.25, -0.2) is 0 Å². The molecule has 1 aromatic rings. The first kappa shape index (κ1) is 11.1. The Bertz CT molecular complexity index is 283. The van der Waals surface area contributed by atoms with Crippen molar-refractivity contribution in [2.24, 2.45) is 0 Å². The Balaban J connectivity index is 2.28. The van der Waals surface area contributed by atoms with Crippen LogP contribution >= 0.6 is 0 Å². The summed E-state index contributed by atoms with van der Waals surface area (Å²) >= 11 is 0. The van der Waals surface area contributed by atoms with Crippen molar-refractivity contribution in [3.05, 3.63) is 11.7 Å². The Morgan fingerprint density at radius 3 is 2.79 bits per heavy atom. The monoisotopic (exact) mass is 199 g/mol. The number of aromatic nitrogens is 2. The Labute approximate surface area is 83.5 Å². The fraction of sp³-hybridized carbons (Fsp3) is 0.778. The third-order valence-corrected chi connectivity index (χ3v) is 2.12. The summed E-state index contributed by atoms with van der Waals surface area (Å²) in [6.45, 7) is 6.53. The number of nitrogens with one attached hydrogen (secondary N) is 1. The fourth-order valence-corrected chi connectivity index (χ4v) is 0.982. The van der Waals surface area contributed by atoms with Crippen LogP contribution in [0, 0.1) is 6.92 Å². The highest BCUT2D eigenvalue weighted by Crippen LogP contribution is 2.06. The molecule has 0 amide bonds. The Morgan fingerprint density at radius 1 is 1.57 bits per heavy atom. The van der Waals surface area contributed by atoms with Gasteiger partial charge in [0.1, 0.15) is 0 Å². The van der Waals surface area contributed by atoms with E-state index in [0.29, 0.717) is 31.2 Å². The summed E-state index contributed by atoms with van der Waals surface area (Å²) in [5.74, 6) is 1.18. The predicted molar refractivity (Wildman–Crippen MR) is 51.7 cm³/mol. The molecule has 0 aromatic carbocycles. The lowest BCUT2D eigenvalue weighted by Gasteiger charge is -2.20. The lowest BCUT2D eigenvalue weighted by atomic mass is 10.0. The van der Waals surface area contributed by atoms with E-state index in [2.05, 4.69) is 15.5 Å². The first-order chi connectivity index (χ1) is 6.53. The van der Waals surface area contributed by atoms with Crippen molar-refractivity contribution >= 4 is 0 Å². The minimum atomic E-state index is -0.668. The molecule has 0 spiro atoms. The third-order valence-electron chi connectivity index (χ3n) is 2.12. The molecule has 0 aliphatic carbocycles. The molecule has 80 valence electrons. The number of rotatable bonds is 5. The quantitative estimate of drug-likeness (QED) is 0.727. The van der Waals surface area contributed by atoms with Gasteiger partial charge in [0.15, 0.2) is 5.82 Å². The SMILES string of the molecule is CCC(C)(O)CNCc1noc(C)n1. The van der Waals surface area contributed by atoms with Crippen LogP contribution in [-0.4, -0.2) is 27.4 Å². The molecular weight excluding hydrogens is 182 g/mol. The predicted octanol–water partition coefficient (Wildman–Crippen LogP) is 0.629. The maximum atomic E-state index is 9.68. The van der Waals surface area contributed by atoms with Crippen molar-refractivity contribution in [1.29, 1.82) is 0 Å². The zero-order valence-electron chi connectivity index (χ0n) is 8.87. The van der Waals surface area contributed by atoms with Gasteiger partial charge in [-0.2, -0.15) is 4.98 Å². The molecule has 0 bridgehead atoms. The van der Waals surface area contributed by atoms with Crippen molar-refractivity contribution < 1.29 is 9.63 Å². The van der Waals surface area contributed by atoms with Crippen molar-refractivity contribution in [3.8, 4) is 0 Å². The molecule has 0 radical (unpaired) electrons. The number of aryl methyl sites for hydroxylation is 1. The summed E-state index contributed by atoms with van der Waals surface area (Å²) in [4.78, 5) is 4.03. The zero-order chi connectivity index (χ0) is 10.6. The largest absolute Gasteiger partial charge is 0.389 e. The Kier molecular flexibility index (Phi) is 3.60. The fourth-order valence-electron chi connectivity index (χ4n) is 0.982. The van der Waals surface area contributed by atoms with Gasteiger partial charge < -0.3 is 14.9 Å². The van der Waals surface area contributed by atoms with Crippen LogP contribution in [0.15, 0.2) is 4.52 Å². The van der Waals surface area contributed by atoms with E-state index in [-0.39, 0.29) is 0 Å². The molecular formula is C9H17N3O2. The molecule has 2 N–H and O–H groups in total.